The molecule has 1 atom stereocenters. The molecule has 0 aliphatic heterocycles. The highest BCUT2D eigenvalue weighted by atomic mass is 32.2. The van der Waals surface area contributed by atoms with E-state index < -0.39 is 40.2 Å². The monoisotopic (exact) mass is 585 g/mol. The molecular weight excluding hydrogens is 552 g/mol. The van der Waals surface area contributed by atoms with Crippen LogP contribution >= 0.6 is 0 Å². The van der Waals surface area contributed by atoms with Gasteiger partial charge in [-0.25, -0.2) is 17.2 Å². The Kier molecular flexibility index (Phi) is 9.59. The van der Waals surface area contributed by atoms with Crippen molar-refractivity contribution in [3.05, 3.63) is 90.0 Å². The van der Waals surface area contributed by atoms with Gasteiger partial charge in [-0.05, 0) is 86.0 Å². The fraction of sp³-hybridized carbons (Fsp3) is 0.333. The molecule has 4 rings (SSSR count). The summed E-state index contributed by atoms with van der Waals surface area (Å²) < 4.78 is 60.9. The third kappa shape index (κ3) is 7.40. The Balaban J connectivity index is 1.67. The third-order valence-corrected chi connectivity index (χ3v) is 8.96. The molecule has 1 saturated carbocycles. The molecule has 0 heterocycles. The summed E-state index contributed by atoms with van der Waals surface area (Å²) in [6.45, 7) is 0.854. The first-order valence-electron chi connectivity index (χ1n) is 13.3. The fourth-order valence-electron chi connectivity index (χ4n) is 4.77. The number of methoxy groups -OCH3 is 1. The molecule has 1 fully saturated rings. The highest BCUT2D eigenvalue weighted by Crippen LogP contribution is 2.26. The second kappa shape index (κ2) is 13.1. The van der Waals surface area contributed by atoms with Gasteiger partial charge in [-0.15, -0.1) is 0 Å². The average molecular weight is 586 g/mol. The molecule has 1 aliphatic carbocycles. The molecule has 11 heteroatoms. The SMILES string of the molecule is COc1ccc(S(=O)(=O)N(CC(=O)N(Cc2ccc(F)cc2)[C@H](C)C(=O)NC2CCCC2)c2ccc(F)cc2)cc1. The Morgan fingerprint density at radius 2 is 1.49 bits per heavy atom. The van der Waals surface area contributed by atoms with E-state index in [0.29, 0.717) is 11.3 Å². The van der Waals surface area contributed by atoms with Crippen LogP contribution in [0.4, 0.5) is 14.5 Å². The standard InChI is InChI=1S/C30H33F2N3O5S/c1-21(30(37)33-25-5-3-4-6-25)34(19-22-7-9-23(31)10-8-22)29(36)20-35(26-13-11-24(32)12-14-26)41(38,39)28-17-15-27(40-2)16-18-28/h7-18,21,25H,3-6,19-20H2,1-2H3,(H,33,37)/t21-/m1/s1. The molecule has 0 bridgehead atoms. The summed E-state index contributed by atoms with van der Waals surface area (Å²) >= 11 is 0. The van der Waals surface area contributed by atoms with Crippen molar-refractivity contribution < 1.29 is 31.5 Å². The molecule has 0 spiro atoms. The number of sulfonamides is 1. The Labute approximate surface area is 239 Å². The van der Waals surface area contributed by atoms with Crippen LogP contribution in [0.25, 0.3) is 0 Å². The summed E-state index contributed by atoms with van der Waals surface area (Å²) in [4.78, 5) is 28.3. The largest absolute Gasteiger partial charge is 0.497 e. The number of halogens is 2. The number of carbonyl (C=O) groups excluding carboxylic acids is 2. The summed E-state index contributed by atoms with van der Waals surface area (Å²) in [5, 5.41) is 2.99. The van der Waals surface area contributed by atoms with Crippen LogP contribution in [0, 0.1) is 11.6 Å². The lowest BCUT2D eigenvalue weighted by molar-refractivity contribution is -0.139. The minimum absolute atomic E-state index is 0.0129. The zero-order valence-corrected chi connectivity index (χ0v) is 23.7. The van der Waals surface area contributed by atoms with Crippen LogP contribution in [0.15, 0.2) is 77.7 Å². The van der Waals surface area contributed by atoms with Crippen LogP contribution in [-0.2, 0) is 26.2 Å². The molecule has 0 aromatic heterocycles. The molecular formula is C30H33F2N3O5S. The van der Waals surface area contributed by atoms with Gasteiger partial charge in [0.05, 0.1) is 17.7 Å². The van der Waals surface area contributed by atoms with E-state index in [1.807, 2.05) is 0 Å². The lowest BCUT2D eigenvalue weighted by Gasteiger charge is -2.32. The van der Waals surface area contributed by atoms with Crippen molar-refractivity contribution in [2.75, 3.05) is 18.0 Å². The van der Waals surface area contributed by atoms with Gasteiger partial charge < -0.3 is 15.0 Å². The van der Waals surface area contributed by atoms with Crippen molar-refractivity contribution in [1.82, 2.24) is 10.2 Å². The lowest BCUT2D eigenvalue weighted by atomic mass is 10.1. The van der Waals surface area contributed by atoms with E-state index in [9.17, 15) is 26.8 Å². The first-order chi connectivity index (χ1) is 19.6. The lowest BCUT2D eigenvalue weighted by Crippen LogP contribution is -2.52. The van der Waals surface area contributed by atoms with E-state index in [2.05, 4.69) is 5.32 Å². The van der Waals surface area contributed by atoms with Crippen LogP contribution in [0.1, 0.15) is 38.2 Å². The highest BCUT2D eigenvalue weighted by Gasteiger charge is 2.33. The number of rotatable bonds is 11. The Hall–Kier alpha value is -3.99. The molecule has 0 unspecified atom stereocenters. The zero-order chi connectivity index (χ0) is 29.6. The number of anilines is 1. The normalized spacial score (nSPS) is 14.3. The van der Waals surface area contributed by atoms with Crippen LogP contribution in [0.5, 0.6) is 5.75 Å². The second-order valence-corrected chi connectivity index (χ2v) is 11.8. The van der Waals surface area contributed by atoms with Gasteiger partial charge in [0.2, 0.25) is 11.8 Å². The van der Waals surface area contributed by atoms with E-state index >= 15 is 0 Å². The topological polar surface area (TPSA) is 96.0 Å². The molecule has 0 saturated heterocycles. The van der Waals surface area contributed by atoms with Gasteiger partial charge >= 0.3 is 0 Å². The third-order valence-electron chi connectivity index (χ3n) is 7.18. The van der Waals surface area contributed by atoms with Crippen LogP contribution < -0.4 is 14.4 Å². The quantitative estimate of drug-likeness (QED) is 0.354. The number of hydrogen-bond acceptors (Lipinski definition) is 5. The molecule has 2 amide bonds. The van der Waals surface area contributed by atoms with Crippen molar-refractivity contribution in [3.63, 3.8) is 0 Å². The fourth-order valence-corrected chi connectivity index (χ4v) is 6.19. The Morgan fingerprint density at radius 1 is 0.927 bits per heavy atom. The number of benzene rings is 3. The van der Waals surface area contributed by atoms with Crippen LogP contribution in [0.3, 0.4) is 0 Å². The highest BCUT2D eigenvalue weighted by molar-refractivity contribution is 7.92. The number of amides is 2. The Bertz CT molecular complexity index is 1440. The van der Waals surface area contributed by atoms with Crippen molar-refractivity contribution in [1.29, 1.82) is 0 Å². The number of hydrogen-bond donors (Lipinski definition) is 1. The second-order valence-electron chi connectivity index (χ2n) is 9.98. The molecule has 218 valence electrons. The maximum Gasteiger partial charge on any atom is 0.264 e. The zero-order valence-electron chi connectivity index (χ0n) is 22.9. The number of carbonyl (C=O) groups is 2. The van der Waals surface area contributed by atoms with Gasteiger partial charge in [0.25, 0.3) is 10.0 Å². The van der Waals surface area contributed by atoms with E-state index in [1.54, 1.807) is 6.92 Å². The maximum absolute atomic E-state index is 13.9. The van der Waals surface area contributed by atoms with Gasteiger partial charge in [-0.1, -0.05) is 25.0 Å². The van der Waals surface area contributed by atoms with Gasteiger partial charge in [0, 0.05) is 12.6 Å². The Morgan fingerprint density at radius 3 is 2.05 bits per heavy atom. The molecule has 1 N–H and O–H groups in total. The van der Waals surface area contributed by atoms with E-state index in [0.717, 1.165) is 42.1 Å². The van der Waals surface area contributed by atoms with Crippen molar-refractivity contribution in [2.24, 2.45) is 0 Å². The minimum Gasteiger partial charge on any atom is -0.497 e. The number of ether oxygens (including phenoxy) is 1. The average Bonchev–Trinajstić information content (AvgIpc) is 3.48. The van der Waals surface area contributed by atoms with Crippen LogP contribution in [0.2, 0.25) is 0 Å². The number of nitrogens with zero attached hydrogens (tertiary/aromatic N) is 2. The molecule has 8 nitrogen and oxygen atoms in total. The molecule has 3 aromatic carbocycles. The van der Waals surface area contributed by atoms with Gasteiger partial charge in [0.15, 0.2) is 0 Å². The summed E-state index contributed by atoms with van der Waals surface area (Å²) in [7, 11) is -2.85. The first-order valence-corrected chi connectivity index (χ1v) is 14.8. The predicted octanol–water partition coefficient (Wildman–Crippen LogP) is 4.64. The predicted molar refractivity (Wildman–Crippen MR) is 151 cm³/mol. The molecule has 0 radical (unpaired) electrons. The summed E-state index contributed by atoms with van der Waals surface area (Å²) in [5.74, 6) is -1.60. The van der Waals surface area contributed by atoms with Crippen molar-refractivity contribution in [3.8, 4) is 5.75 Å². The van der Waals surface area contributed by atoms with Crippen molar-refractivity contribution >= 4 is 27.5 Å². The number of nitrogens with one attached hydrogen (secondary N) is 1. The smallest absolute Gasteiger partial charge is 0.264 e. The van der Waals surface area contributed by atoms with E-state index in [4.69, 9.17) is 4.74 Å². The summed E-state index contributed by atoms with van der Waals surface area (Å²) in [6, 6.07) is 15.0. The van der Waals surface area contributed by atoms with Crippen LogP contribution in [-0.4, -0.2) is 50.9 Å². The van der Waals surface area contributed by atoms with Crippen molar-refractivity contribution in [2.45, 2.75) is 56.1 Å². The first kappa shape index (κ1) is 30.0. The summed E-state index contributed by atoms with van der Waals surface area (Å²) in [6.07, 6.45) is 3.71. The summed E-state index contributed by atoms with van der Waals surface area (Å²) in [5.41, 5.74) is 0.631. The molecule has 3 aromatic rings. The van der Waals surface area contributed by atoms with Gasteiger partial charge in [-0.3, -0.25) is 13.9 Å². The molecule has 1 aliphatic rings. The van der Waals surface area contributed by atoms with E-state index in [1.165, 1.54) is 72.7 Å². The van der Waals surface area contributed by atoms with Gasteiger partial charge in [0.1, 0.15) is 30.0 Å². The molecule has 41 heavy (non-hydrogen) atoms. The minimum atomic E-state index is -4.31. The maximum atomic E-state index is 13.9. The van der Waals surface area contributed by atoms with E-state index in [-0.39, 0.29) is 29.1 Å². The van der Waals surface area contributed by atoms with Gasteiger partial charge in [-0.2, -0.15) is 0 Å².